The number of hydrogen-bond acceptors (Lipinski definition) is 6. The predicted octanol–water partition coefficient (Wildman–Crippen LogP) is 3.53. The highest BCUT2D eigenvalue weighted by atomic mass is 19.1. The van der Waals surface area contributed by atoms with Gasteiger partial charge in [-0.25, -0.2) is 24.0 Å². The van der Waals surface area contributed by atoms with Crippen LogP contribution in [0.3, 0.4) is 0 Å². The first-order valence-corrected chi connectivity index (χ1v) is 8.35. The summed E-state index contributed by atoms with van der Waals surface area (Å²) in [5, 5.41) is 8.18. The van der Waals surface area contributed by atoms with Gasteiger partial charge in [0.2, 0.25) is 0 Å². The molecule has 2 aromatic heterocycles. The smallest absolute Gasteiger partial charge is 0.167 e. The lowest BCUT2D eigenvalue weighted by molar-refractivity contribution is 0.387. The van der Waals surface area contributed by atoms with E-state index in [-0.39, 0.29) is 11.8 Å². The molecule has 27 heavy (non-hydrogen) atoms. The Bertz CT molecular complexity index is 1070. The van der Waals surface area contributed by atoms with E-state index in [0.29, 0.717) is 16.7 Å². The van der Waals surface area contributed by atoms with Crippen molar-refractivity contribution in [3.05, 3.63) is 66.8 Å². The highest BCUT2D eigenvalue weighted by Crippen LogP contribution is 2.29. The van der Waals surface area contributed by atoms with Crippen molar-refractivity contribution in [3.8, 4) is 11.4 Å². The van der Waals surface area contributed by atoms with Gasteiger partial charge in [-0.2, -0.15) is 5.10 Å². The zero-order valence-electron chi connectivity index (χ0n) is 14.8. The number of nitrogens with one attached hydrogen (secondary N) is 1. The lowest BCUT2D eigenvalue weighted by atomic mass is 10.1. The molecular weight excluding hydrogens is 347 g/mol. The number of halogens is 1. The molecule has 0 saturated heterocycles. The number of ether oxygens (including phenoxy) is 1. The summed E-state index contributed by atoms with van der Waals surface area (Å²) in [5.74, 6) is 0.322. The van der Waals surface area contributed by atoms with Crippen LogP contribution in [0.25, 0.3) is 16.6 Å². The standard InChI is InChI=1S/C19H17FN6O/c1-12(13-3-5-14(6-4-13)26-11-21-9-24-26)25-19-15-7-18(27-2)16(20)8-17(15)22-10-23-19/h3-12H,1-2H3,(H,22,23,25). The molecule has 2 aromatic carbocycles. The highest BCUT2D eigenvalue weighted by molar-refractivity contribution is 5.90. The molecule has 1 atom stereocenters. The number of rotatable bonds is 5. The van der Waals surface area contributed by atoms with Gasteiger partial charge in [0.15, 0.2) is 11.6 Å². The summed E-state index contributed by atoms with van der Waals surface area (Å²) in [7, 11) is 1.43. The summed E-state index contributed by atoms with van der Waals surface area (Å²) >= 11 is 0. The van der Waals surface area contributed by atoms with Crippen LogP contribution >= 0.6 is 0 Å². The van der Waals surface area contributed by atoms with Crippen LogP contribution in [-0.4, -0.2) is 31.8 Å². The van der Waals surface area contributed by atoms with Crippen molar-refractivity contribution in [1.29, 1.82) is 0 Å². The highest BCUT2D eigenvalue weighted by Gasteiger charge is 2.13. The average molecular weight is 364 g/mol. The van der Waals surface area contributed by atoms with E-state index < -0.39 is 5.82 Å². The van der Waals surface area contributed by atoms with E-state index in [2.05, 4.69) is 25.4 Å². The second-order valence-electron chi connectivity index (χ2n) is 6.02. The molecule has 0 fully saturated rings. The third-order valence-electron chi connectivity index (χ3n) is 4.34. The average Bonchev–Trinajstić information content (AvgIpc) is 3.22. The Morgan fingerprint density at radius 1 is 1.11 bits per heavy atom. The van der Waals surface area contributed by atoms with E-state index in [9.17, 15) is 4.39 Å². The van der Waals surface area contributed by atoms with E-state index in [1.165, 1.54) is 25.8 Å². The quantitative estimate of drug-likeness (QED) is 0.584. The van der Waals surface area contributed by atoms with Gasteiger partial charge in [-0.1, -0.05) is 12.1 Å². The van der Waals surface area contributed by atoms with Crippen molar-refractivity contribution < 1.29 is 9.13 Å². The molecule has 0 aliphatic carbocycles. The zero-order valence-corrected chi connectivity index (χ0v) is 14.8. The van der Waals surface area contributed by atoms with E-state index in [0.717, 1.165) is 11.3 Å². The molecule has 2 heterocycles. The first-order valence-electron chi connectivity index (χ1n) is 8.35. The minimum Gasteiger partial charge on any atom is -0.494 e. The van der Waals surface area contributed by atoms with Gasteiger partial charge in [0.25, 0.3) is 0 Å². The van der Waals surface area contributed by atoms with Crippen LogP contribution in [0.5, 0.6) is 5.75 Å². The fourth-order valence-corrected chi connectivity index (χ4v) is 2.87. The number of benzene rings is 2. The molecule has 8 heteroatoms. The van der Waals surface area contributed by atoms with Gasteiger partial charge >= 0.3 is 0 Å². The predicted molar refractivity (Wildman–Crippen MR) is 99.4 cm³/mol. The second kappa shape index (κ2) is 6.99. The molecule has 0 spiro atoms. The van der Waals surface area contributed by atoms with Gasteiger partial charge in [0.1, 0.15) is 24.8 Å². The summed E-state index contributed by atoms with van der Waals surface area (Å²) in [4.78, 5) is 12.4. The number of methoxy groups -OCH3 is 1. The number of hydrogen-bond donors (Lipinski definition) is 1. The summed E-state index contributed by atoms with van der Waals surface area (Å²) in [6.07, 6.45) is 4.56. The first kappa shape index (κ1) is 16.9. The molecule has 4 rings (SSSR count). The van der Waals surface area contributed by atoms with Crippen molar-refractivity contribution in [2.24, 2.45) is 0 Å². The van der Waals surface area contributed by atoms with E-state index >= 15 is 0 Å². The molecule has 1 unspecified atom stereocenters. The Labute approximate surface area is 154 Å². The van der Waals surface area contributed by atoms with Gasteiger partial charge in [0, 0.05) is 17.5 Å². The minimum atomic E-state index is -0.452. The van der Waals surface area contributed by atoms with Crippen LogP contribution in [-0.2, 0) is 0 Å². The van der Waals surface area contributed by atoms with Crippen LogP contribution in [0.15, 0.2) is 55.4 Å². The number of fused-ring (bicyclic) bond motifs is 1. The summed E-state index contributed by atoms with van der Waals surface area (Å²) in [5.41, 5.74) is 2.51. The molecule has 0 saturated carbocycles. The topological polar surface area (TPSA) is 77.8 Å². The molecule has 0 bridgehead atoms. The maximum absolute atomic E-state index is 13.9. The van der Waals surface area contributed by atoms with Crippen LogP contribution in [0.4, 0.5) is 10.2 Å². The zero-order chi connectivity index (χ0) is 18.8. The minimum absolute atomic E-state index is 0.0241. The number of anilines is 1. The van der Waals surface area contributed by atoms with Gasteiger partial charge in [0.05, 0.1) is 18.3 Å². The molecule has 1 N–H and O–H groups in total. The van der Waals surface area contributed by atoms with E-state index in [4.69, 9.17) is 4.74 Å². The third kappa shape index (κ3) is 3.29. The lowest BCUT2D eigenvalue weighted by Gasteiger charge is -2.17. The molecule has 0 radical (unpaired) electrons. The number of aromatic nitrogens is 5. The monoisotopic (exact) mass is 364 g/mol. The Morgan fingerprint density at radius 3 is 2.63 bits per heavy atom. The van der Waals surface area contributed by atoms with Gasteiger partial charge in [-0.3, -0.25) is 0 Å². The summed E-state index contributed by atoms with van der Waals surface area (Å²) in [6.45, 7) is 2.03. The largest absolute Gasteiger partial charge is 0.494 e. The normalized spacial score (nSPS) is 12.1. The Morgan fingerprint density at radius 2 is 1.93 bits per heavy atom. The Hall–Kier alpha value is -3.55. The van der Waals surface area contributed by atoms with E-state index in [1.807, 2.05) is 31.2 Å². The van der Waals surface area contributed by atoms with Crippen molar-refractivity contribution >= 4 is 16.7 Å². The van der Waals surface area contributed by atoms with Gasteiger partial charge in [-0.05, 0) is 30.7 Å². The van der Waals surface area contributed by atoms with Crippen molar-refractivity contribution in [1.82, 2.24) is 24.7 Å². The molecule has 136 valence electrons. The Kier molecular flexibility index (Phi) is 4.37. The summed E-state index contributed by atoms with van der Waals surface area (Å²) in [6, 6.07) is 10.9. The molecule has 4 aromatic rings. The maximum Gasteiger partial charge on any atom is 0.167 e. The van der Waals surface area contributed by atoms with Gasteiger partial charge in [-0.15, -0.1) is 0 Å². The van der Waals surface area contributed by atoms with Crippen LogP contribution in [0, 0.1) is 5.82 Å². The van der Waals surface area contributed by atoms with Crippen molar-refractivity contribution in [2.45, 2.75) is 13.0 Å². The molecular formula is C19H17FN6O. The fraction of sp³-hybridized carbons (Fsp3) is 0.158. The third-order valence-corrected chi connectivity index (χ3v) is 4.34. The molecule has 0 aliphatic heterocycles. The number of nitrogens with zero attached hydrogens (tertiary/aromatic N) is 5. The lowest BCUT2D eigenvalue weighted by Crippen LogP contribution is -2.09. The second-order valence-corrected chi connectivity index (χ2v) is 6.02. The van der Waals surface area contributed by atoms with E-state index in [1.54, 1.807) is 17.1 Å². The summed E-state index contributed by atoms with van der Waals surface area (Å²) < 4.78 is 20.7. The fourth-order valence-electron chi connectivity index (χ4n) is 2.87. The first-order chi connectivity index (χ1) is 13.2. The molecule has 0 aliphatic rings. The maximum atomic E-state index is 13.9. The SMILES string of the molecule is COc1cc2c(NC(C)c3ccc(-n4cncn4)cc3)ncnc2cc1F. The van der Waals surface area contributed by atoms with Crippen molar-refractivity contribution in [3.63, 3.8) is 0 Å². The van der Waals surface area contributed by atoms with Crippen LogP contribution < -0.4 is 10.1 Å². The Balaban J connectivity index is 1.61. The van der Waals surface area contributed by atoms with Crippen LogP contribution in [0.1, 0.15) is 18.5 Å². The van der Waals surface area contributed by atoms with Gasteiger partial charge < -0.3 is 10.1 Å². The van der Waals surface area contributed by atoms with Crippen LogP contribution in [0.2, 0.25) is 0 Å². The molecule has 0 amide bonds. The van der Waals surface area contributed by atoms with Crippen molar-refractivity contribution in [2.75, 3.05) is 12.4 Å². The molecule has 7 nitrogen and oxygen atoms in total.